The van der Waals surface area contributed by atoms with Crippen LogP contribution in [0.2, 0.25) is 0 Å². The first-order valence-corrected chi connectivity index (χ1v) is 2.95. The first kappa shape index (κ1) is 6.33. The third-order valence-electron chi connectivity index (χ3n) is 1.58. The van der Waals surface area contributed by atoms with Gasteiger partial charge in [-0.2, -0.15) is 0 Å². The Morgan fingerprint density at radius 2 is 2.33 bits per heavy atom. The lowest BCUT2D eigenvalue weighted by Crippen LogP contribution is -2.25. The molecule has 1 aliphatic heterocycles. The second-order valence-electron chi connectivity index (χ2n) is 2.82. The predicted molar refractivity (Wildman–Crippen MR) is 33.9 cm³/mol. The van der Waals surface area contributed by atoms with Gasteiger partial charge in [0.2, 0.25) is 0 Å². The molecule has 2 heteroatoms. The van der Waals surface area contributed by atoms with Gasteiger partial charge in [0.25, 0.3) is 0 Å². The number of ether oxygens (including phenoxy) is 1. The van der Waals surface area contributed by atoms with E-state index < -0.39 is 0 Å². The molecule has 0 aromatic carbocycles. The molecular formula is C7H10O2. The zero-order valence-electron chi connectivity index (χ0n) is 5.63. The Kier molecular flexibility index (Phi) is 1.31. The summed E-state index contributed by atoms with van der Waals surface area (Å²) >= 11 is 0. The van der Waals surface area contributed by atoms with Gasteiger partial charge in [0.15, 0.2) is 12.4 Å². The average molecular weight is 126 g/mol. The van der Waals surface area contributed by atoms with E-state index in [4.69, 9.17) is 4.74 Å². The normalized spacial score (nSPS) is 29.8. The summed E-state index contributed by atoms with van der Waals surface area (Å²) in [5.74, 6) is 0. The SMILES string of the molecule is CC1(C)C=COC1C=O. The summed E-state index contributed by atoms with van der Waals surface area (Å²) in [5, 5.41) is 0. The standard InChI is InChI=1S/C7H10O2/c1-7(2)3-4-9-6(7)5-8/h3-6H,1-2H3. The maximum atomic E-state index is 10.3. The van der Waals surface area contributed by atoms with Gasteiger partial charge in [-0.25, -0.2) is 0 Å². The summed E-state index contributed by atoms with van der Waals surface area (Å²) in [6, 6.07) is 0. The summed E-state index contributed by atoms with van der Waals surface area (Å²) in [6.07, 6.45) is 4.03. The van der Waals surface area contributed by atoms with E-state index in [2.05, 4.69) is 0 Å². The van der Waals surface area contributed by atoms with Crippen molar-refractivity contribution in [2.45, 2.75) is 20.0 Å². The maximum absolute atomic E-state index is 10.3. The fourth-order valence-corrected chi connectivity index (χ4v) is 0.777. The van der Waals surface area contributed by atoms with Crippen molar-refractivity contribution < 1.29 is 9.53 Å². The van der Waals surface area contributed by atoms with Crippen LogP contribution < -0.4 is 0 Å². The van der Waals surface area contributed by atoms with Gasteiger partial charge in [-0.1, -0.05) is 13.8 Å². The molecule has 0 aromatic rings. The highest BCUT2D eigenvalue weighted by molar-refractivity contribution is 5.59. The highest BCUT2D eigenvalue weighted by Crippen LogP contribution is 2.28. The molecule has 0 saturated carbocycles. The van der Waals surface area contributed by atoms with E-state index in [9.17, 15) is 4.79 Å². The van der Waals surface area contributed by atoms with Crippen LogP contribution >= 0.6 is 0 Å². The molecule has 0 radical (unpaired) electrons. The molecular weight excluding hydrogens is 116 g/mol. The highest BCUT2D eigenvalue weighted by Gasteiger charge is 2.31. The number of carbonyl (C=O) groups is 1. The van der Waals surface area contributed by atoms with Gasteiger partial charge in [-0.05, 0) is 6.08 Å². The molecule has 1 atom stereocenters. The zero-order chi connectivity index (χ0) is 6.91. The van der Waals surface area contributed by atoms with Crippen molar-refractivity contribution >= 4 is 6.29 Å². The minimum atomic E-state index is -0.280. The van der Waals surface area contributed by atoms with Crippen molar-refractivity contribution in [2.75, 3.05) is 0 Å². The maximum Gasteiger partial charge on any atom is 0.161 e. The summed E-state index contributed by atoms with van der Waals surface area (Å²) in [7, 11) is 0. The van der Waals surface area contributed by atoms with Gasteiger partial charge in [0, 0.05) is 5.41 Å². The Bertz CT molecular complexity index is 147. The fourth-order valence-electron chi connectivity index (χ4n) is 0.777. The molecule has 0 aliphatic carbocycles. The highest BCUT2D eigenvalue weighted by atomic mass is 16.5. The van der Waals surface area contributed by atoms with Gasteiger partial charge in [0.1, 0.15) is 0 Å². The predicted octanol–water partition coefficient (Wildman–Crippen LogP) is 1.12. The van der Waals surface area contributed by atoms with Crippen LogP contribution in [0.1, 0.15) is 13.8 Å². The number of rotatable bonds is 1. The summed E-state index contributed by atoms with van der Waals surface area (Å²) in [4.78, 5) is 10.3. The first-order valence-electron chi connectivity index (χ1n) is 2.95. The van der Waals surface area contributed by atoms with Crippen LogP contribution in [0.3, 0.4) is 0 Å². The van der Waals surface area contributed by atoms with Gasteiger partial charge < -0.3 is 4.74 Å². The Labute approximate surface area is 54.5 Å². The van der Waals surface area contributed by atoms with Gasteiger partial charge in [-0.15, -0.1) is 0 Å². The lowest BCUT2D eigenvalue weighted by Gasteiger charge is -2.18. The molecule has 0 spiro atoms. The Morgan fingerprint density at radius 3 is 2.56 bits per heavy atom. The zero-order valence-corrected chi connectivity index (χ0v) is 5.63. The van der Waals surface area contributed by atoms with E-state index in [1.165, 1.54) is 0 Å². The van der Waals surface area contributed by atoms with Crippen LogP contribution in [-0.4, -0.2) is 12.4 Å². The molecule has 1 rings (SSSR count). The number of carbonyl (C=O) groups excluding carboxylic acids is 1. The number of aldehydes is 1. The van der Waals surface area contributed by atoms with E-state index in [0.29, 0.717) is 0 Å². The monoisotopic (exact) mass is 126 g/mol. The molecule has 1 aliphatic rings. The van der Waals surface area contributed by atoms with Crippen molar-refractivity contribution in [3.63, 3.8) is 0 Å². The number of hydrogen-bond donors (Lipinski definition) is 0. The van der Waals surface area contributed by atoms with Crippen molar-refractivity contribution in [3.8, 4) is 0 Å². The van der Waals surface area contributed by atoms with E-state index in [0.717, 1.165) is 6.29 Å². The van der Waals surface area contributed by atoms with Crippen molar-refractivity contribution in [2.24, 2.45) is 5.41 Å². The Morgan fingerprint density at radius 1 is 1.67 bits per heavy atom. The largest absolute Gasteiger partial charge is 0.490 e. The smallest absolute Gasteiger partial charge is 0.161 e. The van der Waals surface area contributed by atoms with Crippen LogP contribution in [-0.2, 0) is 9.53 Å². The van der Waals surface area contributed by atoms with E-state index >= 15 is 0 Å². The van der Waals surface area contributed by atoms with Crippen molar-refractivity contribution in [3.05, 3.63) is 12.3 Å². The minimum Gasteiger partial charge on any atom is -0.490 e. The lowest BCUT2D eigenvalue weighted by molar-refractivity contribution is -0.117. The quantitative estimate of drug-likeness (QED) is 0.492. The van der Waals surface area contributed by atoms with Crippen LogP contribution in [0, 0.1) is 5.41 Å². The Hall–Kier alpha value is -0.790. The molecule has 9 heavy (non-hydrogen) atoms. The van der Waals surface area contributed by atoms with Crippen molar-refractivity contribution in [1.29, 1.82) is 0 Å². The topological polar surface area (TPSA) is 26.3 Å². The minimum absolute atomic E-state index is 0.109. The molecule has 50 valence electrons. The summed E-state index contributed by atoms with van der Waals surface area (Å²) in [5.41, 5.74) is -0.109. The van der Waals surface area contributed by atoms with Crippen LogP contribution in [0.15, 0.2) is 12.3 Å². The van der Waals surface area contributed by atoms with Crippen LogP contribution in [0.4, 0.5) is 0 Å². The average Bonchev–Trinajstić information content (AvgIpc) is 2.08. The van der Waals surface area contributed by atoms with Gasteiger partial charge >= 0.3 is 0 Å². The van der Waals surface area contributed by atoms with Crippen molar-refractivity contribution in [1.82, 2.24) is 0 Å². The summed E-state index contributed by atoms with van der Waals surface area (Å²) in [6.45, 7) is 3.94. The molecule has 0 amide bonds. The second-order valence-corrected chi connectivity index (χ2v) is 2.82. The van der Waals surface area contributed by atoms with Gasteiger partial charge in [0.05, 0.1) is 6.26 Å². The fraction of sp³-hybridized carbons (Fsp3) is 0.571. The van der Waals surface area contributed by atoms with E-state index in [1.807, 2.05) is 19.9 Å². The molecule has 0 N–H and O–H groups in total. The molecule has 1 heterocycles. The second kappa shape index (κ2) is 1.87. The number of hydrogen-bond acceptors (Lipinski definition) is 2. The molecule has 0 saturated heterocycles. The molecule has 0 fully saturated rings. The molecule has 2 nitrogen and oxygen atoms in total. The van der Waals surface area contributed by atoms with E-state index in [-0.39, 0.29) is 11.5 Å². The molecule has 1 unspecified atom stereocenters. The lowest BCUT2D eigenvalue weighted by atomic mass is 9.89. The van der Waals surface area contributed by atoms with Crippen LogP contribution in [0.5, 0.6) is 0 Å². The van der Waals surface area contributed by atoms with Crippen LogP contribution in [0.25, 0.3) is 0 Å². The third kappa shape index (κ3) is 0.969. The molecule has 0 bridgehead atoms. The molecule has 0 aromatic heterocycles. The summed E-state index contributed by atoms with van der Waals surface area (Å²) < 4.78 is 4.97. The first-order chi connectivity index (χ1) is 4.17. The Balaban J connectivity index is 2.71. The third-order valence-corrected chi connectivity index (χ3v) is 1.58. The van der Waals surface area contributed by atoms with Gasteiger partial charge in [-0.3, -0.25) is 4.79 Å². The van der Waals surface area contributed by atoms with E-state index in [1.54, 1.807) is 6.26 Å².